The zero-order valence-electron chi connectivity index (χ0n) is 12.7. The Labute approximate surface area is 122 Å². The van der Waals surface area contributed by atoms with Gasteiger partial charge in [0.2, 0.25) is 5.91 Å². The fourth-order valence-electron chi connectivity index (χ4n) is 3.01. The lowest BCUT2D eigenvalue weighted by molar-refractivity contribution is -0.142. The first-order valence-corrected chi connectivity index (χ1v) is 7.75. The maximum Gasteiger partial charge on any atom is 0.226 e. The van der Waals surface area contributed by atoms with E-state index in [9.17, 15) is 4.79 Å². The molecule has 0 bridgehead atoms. The maximum absolute atomic E-state index is 12.8. The lowest BCUT2D eigenvalue weighted by Crippen LogP contribution is -2.47. The third-order valence-electron chi connectivity index (χ3n) is 4.31. The van der Waals surface area contributed by atoms with Crippen molar-refractivity contribution in [3.05, 3.63) is 0 Å². The molecule has 0 saturated heterocycles. The lowest BCUT2D eigenvalue weighted by atomic mass is 9.68. The molecule has 1 saturated carbocycles. The maximum atomic E-state index is 12.8. The molecule has 2 N–H and O–H groups in total. The van der Waals surface area contributed by atoms with Crippen molar-refractivity contribution in [2.24, 2.45) is 17.1 Å². The molecule has 4 heteroatoms. The average molecular weight is 284 g/mol. The van der Waals surface area contributed by atoms with Gasteiger partial charge >= 0.3 is 0 Å². The van der Waals surface area contributed by atoms with E-state index in [1.54, 1.807) is 0 Å². The van der Waals surface area contributed by atoms with Crippen LogP contribution in [0.25, 0.3) is 0 Å². The van der Waals surface area contributed by atoms with Crippen molar-refractivity contribution in [1.82, 2.24) is 4.90 Å². The zero-order chi connectivity index (χ0) is 14.6. The van der Waals surface area contributed by atoms with Crippen LogP contribution in [0.2, 0.25) is 0 Å². The van der Waals surface area contributed by atoms with Gasteiger partial charge in [-0.1, -0.05) is 38.9 Å². The molecule has 0 aliphatic heterocycles. The lowest BCUT2D eigenvalue weighted by Gasteiger charge is -2.41. The van der Waals surface area contributed by atoms with Gasteiger partial charge in [-0.2, -0.15) is 0 Å². The Morgan fingerprint density at radius 1 is 1.42 bits per heavy atom. The predicted molar refractivity (Wildman–Crippen MR) is 84.0 cm³/mol. The van der Waals surface area contributed by atoms with Gasteiger partial charge in [-0.25, -0.2) is 0 Å². The molecule has 0 heterocycles. The molecule has 19 heavy (non-hydrogen) atoms. The first kappa shape index (κ1) is 16.4. The number of nitrogens with zero attached hydrogens (tertiary/aromatic N) is 1. The van der Waals surface area contributed by atoms with Gasteiger partial charge in [0.1, 0.15) is 0 Å². The monoisotopic (exact) mass is 284 g/mol. The molecule has 1 atom stereocenters. The molecule has 1 aliphatic rings. The van der Waals surface area contributed by atoms with Gasteiger partial charge in [0.25, 0.3) is 0 Å². The molecule has 0 aromatic carbocycles. The molecule has 3 nitrogen and oxygen atoms in total. The highest BCUT2D eigenvalue weighted by molar-refractivity contribution is 7.80. The van der Waals surface area contributed by atoms with Crippen LogP contribution in [0, 0.1) is 11.3 Å². The van der Waals surface area contributed by atoms with E-state index in [-0.39, 0.29) is 23.3 Å². The van der Waals surface area contributed by atoms with Crippen molar-refractivity contribution in [1.29, 1.82) is 0 Å². The van der Waals surface area contributed by atoms with Crippen molar-refractivity contribution in [2.75, 3.05) is 6.54 Å². The molecule has 0 radical (unpaired) electrons. The SMILES string of the molecule is CC(C)N(CCC(N)=S)C(=O)C1CCCCC1(C)C. The smallest absolute Gasteiger partial charge is 0.226 e. The highest BCUT2D eigenvalue weighted by atomic mass is 32.1. The molecule has 110 valence electrons. The quantitative estimate of drug-likeness (QED) is 0.789. The highest BCUT2D eigenvalue weighted by Gasteiger charge is 2.39. The van der Waals surface area contributed by atoms with Crippen LogP contribution in [0.4, 0.5) is 0 Å². The standard InChI is InChI=1S/C15H28N2OS/c1-11(2)17(10-8-13(16)19)14(18)12-7-5-6-9-15(12,3)4/h11-12H,5-10H2,1-4H3,(H2,16,19). The van der Waals surface area contributed by atoms with Crippen LogP contribution >= 0.6 is 12.2 Å². The van der Waals surface area contributed by atoms with Gasteiger partial charge < -0.3 is 10.6 Å². The molecule has 0 aromatic heterocycles. The van der Waals surface area contributed by atoms with E-state index in [1.165, 1.54) is 12.8 Å². The van der Waals surface area contributed by atoms with E-state index in [0.29, 0.717) is 18.0 Å². The zero-order valence-corrected chi connectivity index (χ0v) is 13.6. The first-order chi connectivity index (χ1) is 8.75. The molecular formula is C15H28N2OS. The first-order valence-electron chi connectivity index (χ1n) is 7.34. The number of thiocarbonyl (C=S) groups is 1. The van der Waals surface area contributed by atoms with Gasteiger partial charge in [-0.05, 0) is 32.1 Å². The van der Waals surface area contributed by atoms with Crippen molar-refractivity contribution in [3.8, 4) is 0 Å². The van der Waals surface area contributed by atoms with Crippen LogP contribution < -0.4 is 5.73 Å². The third-order valence-corrected chi connectivity index (χ3v) is 4.51. The number of amides is 1. The van der Waals surface area contributed by atoms with Gasteiger partial charge in [0.15, 0.2) is 0 Å². The second kappa shape index (κ2) is 6.69. The fraction of sp³-hybridized carbons (Fsp3) is 0.867. The van der Waals surface area contributed by atoms with Crippen LogP contribution in [0.1, 0.15) is 59.8 Å². The average Bonchev–Trinajstić information content (AvgIpc) is 2.27. The Morgan fingerprint density at radius 3 is 2.53 bits per heavy atom. The summed E-state index contributed by atoms with van der Waals surface area (Å²) in [5, 5.41) is 0. The Kier molecular flexibility index (Phi) is 5.78. The largest absolute Gasteiger partial charge is 0.393 e. The number of carbonyl (C=O) groups is 1. The fourth-order valence-corrected chi connectivity index (χ4v) is 3.10. The van der Waals surface area contributed by atoms with Crippen LogP contribution in [0.15, 0.2) is 0 Å². The Balaban J connectivity index is 2.77. The summed E-state index contributed by atoms with van der Waals surface area (Å²) in [6.07, 6.45) is 5.19. The summed E-state index contributed by atoms with van der Waals surface area (Å²) < 4.78 is 0. The molecule has 0 spiro atoms. The molecule has 1 rings (SSSR count). The van der Waals surface area contributed by atoms with Crippen molar-refractivity contribution >= 4 is 23.1 Å². The summed E-state index contributed by atoms with van der Waals surface area (Å²) in [4.78, 5) is 15.3. The molecular weight excluding hydrogens is 256 g/mol. The Hall–Kier alpha value is -0.640. The van der Waals surface area contributed by atoms with Gasteiger partial charge in [-0.15, -0.1) is 0 Å². The summed E-state index contributed by atoms with van der Waals surface area (Å²) in [7, 11) is 0. The Bertz CT molecular complexity index is 339. The molecule has 0 aromatic rings. The van der Waals surface area contributed by atoms with E-state index in [4.69, 9.17) is 18.0 Å². The minimum atomic E-state index is 0.117. The molecule has 1 unspecified atom stereocenters. The van der Waals surface area contributed by atoms with Gasteiger partial charge in [-0.3, -0.25) is 4.79 Å². The summed E-state index contributed by atoms with van der Waals surface area (Å²) in [5.74, 6) is 0.436. The van der Waals surface area contributed by atoms with Gasteiger partial charge in [0.05, 0.1) is 4.99 Å². The molecule has 1 fully saturated rings. The minimum Gasteiger partial charge on any atom is -0.393 e. The number of rotatable bonds is 5. The molecule has 1 amide bonds. The van der Waals surface area contributed by atoms with Crippen molar-refractivity contribution in [3.63, 3.8) is 0 Å². The van der Waals surface area contributed by atoms with Crippen LogP contribution in [-0.2, 0) is 4.79 Å². The van der Waals surface area contributed by atoms with Gasteiger partial charge in [0, 0.05) is 24.9 Å². The normalized spacial score (nSPS) is 22.3. The van der Waals surface area contributed by atoms with Crippen LogP contribution in [-0.4, -0.2) is 28.4 Å². The molecule has 1 aliphatic carbocycles. The van der Waals surface area contributed by atoms with E-state index in [1.807, 2.05) is 4.90 Å². The third kappa shape index (κ3) is 4.44. The minimum absolute atomic E-state index is 0.117. The van der Waals surface area contributed by atoms with E-state index >= 15 is 0 Å². The van der Waals surface area contributed by atoms with Crippen molar-refractivity contribution < 1.29 is 4.79 Å². The summed E-state index contributed by atoms with van der Waals surface area (Å²) in [6.45, 7) is 9.22. The van der Waals surface area contributed by atoms with Crippen LogP contribution in [0.3, 0.4) is 0 Å². The Morgan fingerprint density at radius 2 is 2.05 bits per heavy atom. The van der Waals surface area contributed by atoms with Crippen molar-refractivity contribution in [2.45, 2.75) is 65.8 Å². The number of hydrogen-bond donors (Lipinski definition) is 1. The number of carbonyl (C=O) groups excluding carboxylic acids is 1. The van der Waals surface area contributed by atoms with E-state index in [0.717, 1.165) is 12.8 Å². The highest BCUT2D eigenvalue weighted by Crippen LogP contribution is 2.41. The summed E-state index contributed by atoms with van der Waals surface area (Å²) in [6, 6.07) is 0.208. The van der Waals surface area contributed by atoms with E-state index in [2.05, 4.69) is 27.7 Å². The van der Waals surface area contributed by atoms with Crippen LogP contribution in [0.5, 0.6) is 0 Å². The second-order valence-electron chi connectivity index (χ2n) is 6.63. The number of nitrogens with two attached hydrogens (primary N) is 1. The topological polar surface area (TPSA) is 46.3 Å². The number of hydrogen-bond acceptors (Lipinski definition) is 2. The predicted octanol–water partition coefficient (Wildman–Crippen LogP) is 3.12. The second-order valence-corrected chi connectivity index (χ2v) is 7.15. The van der Waals surface area contributed by atoms with E-state index < -0.39 is 0 Å². The summed E-state index contributed by atoms with van der Waals surface area (Å²) >= 11 is 4.93. The summed E-state index contributed by atoms with van der Waals surface area (Å²) in [5.41, 5.74) is 5.68.